The molecule has 1 aromatic heterocycles. The third-order valence-corrected chi connectivity index (χ3v) is 4.05. The van der Waals surface area contributed by atoms with Gasteiger partial charge in [0.25, 0.3) is 0 Å². The summed E-state index contributed by atoms with van der Waals surface area (Å²) in [6.45, 7) is 6.60. The summed E-state index contributed by atoms with van der Waals surface area (Å²) < 4.78 is 17.4. The maximum absolute atomic E-state index is 11.1. The second kappa shape index (κ2) is 8.62. The van der Waals surface area contributed by atoms with Crippen molar-refractivity contribution in [3.63, 3.8) is 0 Å². The van der Waals surface area contributed by atoms with E-state index >= 15 is 0 Å². The largest absolute Gasteiger partial charge is 0.494 e. The second-order valence-electron chi connectivity index (χ2n) is 6.60. The molecule has 5 nitrogen and oxygen atoms in total. The van der Waals surface area contributed by atoms with Gasteiger partial charge in [0, 0.05) is 23.9 Å². The van der Waals surface area contributed by atoms with E-state index in [-0.39, 0.29) is 11.9 Å². The van der Waals surface area contributed by atoms with E-state index < -0.39 is 0 Å². The summed E-state index contributed by atoms with van der Waals surface area (Å²) >= 11 is 0. The number of carbonyl (C=O) groups excluding carboxylic acids is 1. The lowest BCUT2D eigenvalue weighted by Gasteiger charge is -2.13. The molecule has 0 saturated carbocycles. The molecule has 0 spiro atoms. The van der Waals surface area contributed by atoms with Crippen LogP contribution < -0.4 is 14.8 Å². The van der Waals surface area contributed by atoms with E-state index in [4.69, 9.17) is 13.9 Å². The van der Waals surface area contributed by atoms with Gasteiger partial charge < -0.3 is 19.2 Å². The van der Waals surface area contributed by atoms with E-state index in [0.29, 0.717) is 19.0 Å². The number of carbonyl (C=O) groups is 1. The summed E-state index contributed by atoms with van der Waals surface area (Å²) in [5.41, 5.74) is 1.76. The Labute approximate surface area is 159 Å². The van der Waals surface area contributed by atoms with E-state index in [1.807, 2.05) is 55.5 Å². The first-order chi connectivity index (χ1) is 13.0. The number of furan rings is 1. The summed E-state index contributed by atoms with van der Waals surface area (Å²) in [6, 6.07) is 15.6. The van der Waals surface area contributed by atoms with Crippen molar-refractivity contribution >= 4 is 16.9 Å². The zero-order valence-electron chi connectivity index (χ0n) is 16.0. The van der Waals surface area contributed by atoms with Gasteiger partial charge in [-0.1, -0.05) is 6.92 Å². The highest BCUT2D eigenvalue weighted by atomic mass is 16.5. The molecule has 0 aliphatic carbocycles. The van der Waals surface area contributed by atoms with Crippen molar-refractivity contribution < 1.29 is 18.7 Å². The third kappa shape index (κ3) is 5.03. The third-order valence-electron chi connectivity index (χ3n) is 4.05. The SMILES string of the molecule is CCCOc1ccc(-c2cc3ccc(OC[C@H](C)NC(C)=O)cc3o2)cc1. The fourth-order valence-corrected chi connectivity index (χ4v) is 2.79. The fraction of sp³-hybridized carbons (Fsp3) is 0.318. The van der Waals surface area contributed by atoms with Gasteiger partial charge in [0.1, 0.15) is 29.4 Å². The van der Waals surface area contributed by atoms with Crippen LogP contribution in [0.2, 0.25) is 0 Å². The molecule has 27 heavy (non-hydrogen) atoms. The number of fused-ring (bicyclic) bond motifs is 1. The van der Waals surface area contributed by atoms with Crippen LogP contribution in [-0.2, 0) is 4.79 Å². The van der Waals surface area contributed by atoms with Gasteiger partial charge in [-0.3, -0.25) is 4.79 Å². The predicted octanol–water partition coefficient (Wildman–Crippen LogP) is 4.79. The number of amides is 1. The van der Waals surface area contributed by atoms with E-state index in [1.54, 1.807) is 0 Å². The van der Waals surface area contributed by atoms with Crippen molar-refractivity contribution in [1.82, 2.24) is 5.32 Å². The maximum atomic E-state index is 11.1. The van der Waals surface area contributed by atoms with Gasteiger partial charge in [-0.25, -0.2) is 0 Å². The molecule has 0 unspecified atom stereocenters. The Hall–Kier alpha value is -2.95. The molecule has 0 fully saturated rings. The standard InChI is InChI=1S/C22H25NO4/c1-4-11-25-19-8-5-17(6-9-19)21-12-18-7-10-20(13-22(18)27-21)26-14-15(2)23-16(3)24/h5-10,12-13,15H,4,11,14H2,1-3H3,(H,23,24)/t15-/m0/s1. The van der Waals surface area contributed by atoms with E-state index in [9.17, 15) is 4.79 Å². The molecule has 3 rings (SSSR count). The molecule has 0 radical (unpaired) electrons. The number of hydrogen-bond acceptors (Lipinski definition) is 4. The number of nitrogens with one attached hydrogen (secondary N) is 1. The minimum atomic E-state index is -0.0664. The van der Waals surface area contributed by atoms with Crippen LogP contribution in [0.5, 0.6) is 11.5 Å². The monoisotopic (exact) mass is 367 g/mol. The maximum Gasteiger partial charge on any atom is 0.217 e. The van der Waals surface area contributed by atoms with E-state index in [1.165, 1.54) is 6.92 Å². The molecular formula is C22H25NO4. The molecule has 1 amide bonds. The van der Waals surface area contributed by atoms with Gasteiger partial charge in [-0.15, -0.1) is 0 Å². The molecule has 1 atom stereocenters. The van der Waals surface area contributed by atoms with Crippen LogP contribution in [0.1, 0.15) is 27.2 Å². The van der Waals surface area contributed by atoms with Gasteiger partial charge in [-0.05, 0) is 55.8 Å². The first-order valence-corrected chi connectivity index (χ1v) is 9.22. The zero-order valence-corrected chi connectivity index (χ0v) is 16.0. The van der Waals surface area contributed by atoms with Crippen molar-refractivity contribution in [2.24, 2.45) is 0 Å². The smallest absolute Gasteiger partial charge is 0.217 e. The van der Waals surface area contributed by atoms with Gasteiger partial charge >= 0.3 is 0 Å². The minimum absolute atomic E-state index is 0.0567. The molecule has 0 aliphatic rings. The van der Waals surface area contributed by atoms with Gasteiger partial charge in [0.2, 0.25) is 5.91 Å². The number of benzene rings is 2. The Bertz CT molecular complexity index is 898. The molecule has 5 heteroatoms. The average molecular weight is 367 g/mol. The molecule has 0 saturated heterocycles. The average Bonchev–Trinajstić information content (AvgIpc) is 3.08. The Morgan fingerprint density at radius 1 is 1.07 bits per heavy atom. The van der Waals surface area contributed by atoms with E-state index in [0.717, 1.165) is 34.5 Å². The van der Waals surface area contributed by atoms with Crippen molar-refractivity contribution in [1.29, 1.82) is 0 Å². The Morgan fingerprint density at radius 3 is 2.52 bits per heavy atom. The first kappa shape index (κ1) is 18.8. The zero-order chi connectivity index (χ0) is 19.2. The normalized spacial score (nSPS) is 12.0. The minimum Gasteiger partial charge on any atom is -0.494 e. The quantitative estimate of drug-likeness (QED) is 0.622. The molecule has 0 bridgehead atoms. The number of ether oxygens (including phenoxy) is 2. The topological polar surface area (TPSA) is 60.7 Å². The lowest BCUT2D eigenvalue weighted by molar-refractivity contribution is -0.119. The van der Waals surface area contributed by atoms with Crippen molar-refractivity contribution in [2.75, 3.05) is 13.2 Å². The Balaban J connectivity index is 1.71. The first-order valence-electron chi connectivity index (χ1n) is 9.22. The molecule has 1 N–H and O–H groups in total. The Morgan fingerprint density at radius 2 is 1.81 bits per heavy atom. The van der Waals surface area contributed by atoms with Crippen molar-refractivity contribution in [3.8, 4) is 22.8 Å². The van der Waals surface area contributed by atoms with Gasteiger partial charge in [0.05, 0.1) is 12.6 Å². The van der Waals surface area contributed by atoms with Crippen LogP contribution in [0.25, 0.3) is 22.3 Å². The van der Waals surface area contributed by atoms with Crippen LogP contribution >= 0.6 is 0 Å². The molecule has 1 heterocycles. The van der Waals surface area contributed by atoms with Crippen LogP contribution in [0.3, 0.4) is 0 Å². The number of rotatable bonds is 8. The van der Waals surface area contributed by atoms with Crippen molar-refractivity contribution in [2.45, 2.75) is 33.2 Å². The summed E-state index contributed by atoms with van der Waals surface area (Å²) in [5.74, 6) is 2.31. The molecule has 2 aromatic carbocycles. The summed E-state index contributed by atoms with van der Waals surface area (Å²) in [6.07, 6.45) is 0.985. The van der Waals surface area contributed by atoms with Crippen LogP contribution in [0, 0.1) is 0 Å². The highest BCUT2D eigenvalue weighted by molar-refractivity contribution is 5.84. The lowest BCUT2D eigenvalue weighted by atomic mass is 10.1. The number of hydrogen-bond donors (Lipinski definition) is 1. The highest BCUT2D eigenvalue weighted by Gasteiger charge is 2.09. The summed E-state index contributed by atoms with van der Waals surface area (Å²) in [7, 11) is 0. The van der Waals surface area contributed by atoms with Gasteiger partial charge in [0.15, 0.2) is 0 Å². The van der Waals surface area contributed by atoms with Crippen LogP contribution in [-0.4, -0.2) is 25.2 Å². The fourth-order valence-electron chi connectivity index (χ4n) is 2.79. The summed E-state index contributed by atoms with van der Waals surface area (Å²) in [5, 5.41) is 3.81. The molecular weight excluding hydrogens is 342 g/mol. The summed E-state index contributed by atoms with van der Waals surface area (Å²) in [4.78, 5) is 11.1. The van der Waals surface area contributed by atoms with E-state index in [2.05, 4.69) is 12.2 Å². The molecule has 142 valence electrons. The second-order valence-corrected chi connectivity index (χ2v) is 6.60. The van der Waals surface area contributed by atoms with Crippen LogP contribution in [0.4, 0.5) is 0 Å². The molecule has 0 aliphatic heterocycles. The predicted molar refractivity (Wildman–Crippen MR) is 106 cm³/mol. The highest BCUT2D eigenvalue weighted by Crippen LogP contribution is 2.31. The van der Waals surface area contributed by atoms with Crippen molar-refractivity contribution in [3.05, 3.63) is 48.5 Å². The van der Waals surface area contributed by atoms with Gasteiger partial charge in [-0.2, -0.15) is 0 Å². The van der Waals surface area contributed by atoms with Crippen LogP contribution in [0.15, 0.2) is 52.9 Å². The lowest BCUT2D eigenvalue weighted by Crippen LogP contribution is -2.35. The Kier molecular flexibility index (Phi) is 6.01. The molecule has 3 aromatic rings.